The smallest absolute Gasteiger partial charge is 0.246 e. The van der Waals surface area contributed by atoms with Gasteiger partial charge < -0.3 is 4.74 Å². The largest absolute Gasteiger partial charge is 0.480 e. The average Bonchev–Trinajstić information content (AvgIpc) is 2.94. The second kappa shape index (κ2) is 5.28. The Bertz CT molecular complexity index is 796. The lowest BCUT2D eigenvalue weighted by molar-refractivity contribution is 0.0991. The Kier molecular flexibility index (Phi) is 3.31. The molecule has 21 heavy (non-hydrogen) atoms. The molecule has 7 nitrogen and oxygen atoms in total. The molecule has 0 bridgehead atoms. The number of ketones is 1. The van der Waals surface area contributed by atoms with Gasteiger partial charge in [0.25, 0.3) is 0 Å². The van der Waals surface area contributed by atoms with Crippen LogP contribution in [0.2, 0.25) is 0 Å². The predicted octanol–water partition coefficient (Wildman–Crippen LogP) is 1.76. The van der Waals surface area contributed by atoms with Crippen LogP contribution in [0.15, 0.2) is 28.9 Å². The minimum absolute atomic E-state index is 0.0709. The molecule has 0 atom stereocenters. The van der Waals surface area contributed by atoms with Crippen molar-refractivity contribution in [2.45, 2.75) is 13.3 Å². The van der Waals surface area contributed by atoms with Gasteiger partial charge in [-0.2, -0.15) is 4.98 Å². The van der Waals surface area contributed by atoms with Gasteiger partial charge in [-0.1, -0.05) is 29.8 Å². The first kappa shape index (κ1) is 13.2. The molecule has 2 heterocycles. The van der Waals surface area contributed by atoms with Crippen molar-refractivity contribution in [3.8, 4) is 5.88 Å². The highest BCUT2D eigenvalue weighted by atomic mass is 16.6. The maximum atomic E-state index is 12.3. The Morgan fingerprint density at radius 1 is 1.14 bits per heavy atom. The summed E-state index contributed by atoms with van der Waals surface area (Å²) in [5.74, 6) is 0.178. The van der Waals surface area contributed by atoms with Crippen LogP contribution in [0.25, 0.3) is 11.3 Å². The van der Waals surface area contributed by atoms with Gasteiger partial charge >= 0.3 is 0 Å². The summed E-state index contributed by atoms with van der Waals surface area (Å²) in [6.45, 7) is 1.97. The summed E-state index contributed by atoms with van der Waals surface area (Å²) >= 11 is 0. The van der Waals surface area contributed by atoms with Gasteiger partial charge in [0.05, 0.1) is 13.5 Å². The molecule has 0 amide bonds. The molecule has 0 radical (unpaired) electrons. The van der Waals surface area contributed by atoms with Crippen molar-refractivity contribution in [1.82, 2.24) is 20.3 Å². The zero-order valence-electron chi connectivity index (χ0n) is 11.5. The number of aromatic nitrogens is 4. The van der Waals surface area contributed by atoms with Crippen LogP contribution in [0.4, 0.5) is 0 Å². The molecule has 0 aliphatic rings. The van der Waals surface area contributed by atoms with Gasteiger partial charge in [-0.15, -0.1) is 0 Å². The molecule has 0 N–H and O–H groups in total. The second-order valence-electron chi connectivity index (χ2n) is 4.56. The number of hydrogen-bond donors (Lipinski definition) is 0. The summed E-state index contributed by atoms with van der Waals surface area (Å²) in [5.41, 5.74) is 2.62. The van der Waals surface area contributed by atoms with Gasteiger partial charge in [0, 0.05) is 5.56 Å². The van der Waals surface area contributed by atoms with E-state index in [4.69, 9.17) is 4.74 Å². The molecule has 3 rings (SSSR count). The standard InChI is InChI=1S/C14H12N4O3/c1-8-3-5-9(6-4-8)11(19)7-10-14(20-2)16-13-12(15-10)17-21-18-13/h3-6H,7H2,1-2H3. The summed E-state index contributed by atoms with van der Waals surface area (Å²) in [5, 5.41) is 7.21. The highest BCUT2D eigenvalue weighted by Gasteiger charge is 2.17. The average molecular weight is 284 g/mol. The number of methoxy groups -OCH3 is 1. The first-order chi connectivity index (χ1) is 10.2. The van der Waals surface area contributed by atoms with E-state index in [0.717, 1.165) is 5.56 Å². The van der Waals surface area contributed by atoms with E-state index < -0.39 is 0 Å². The van der Waals surface area contributed by atoms with Crippen molar-refractivity contribution in [1.29, 1.82) is 0 Å². The Morgan fingerprint density at radius 3 is 2.48 bits per heavy atom. The summed E-state index contributed by atoms with van der Waals surface area (Å²) in [6.07, 6.45) is 0.0715. The molecule has 0 saturated heterocycles. The minimum Gasteiger partial charge on any atom is -0.480 e. The van der Waals surface area contributed by atoms with E-state index in [0.29, 0.717) is 11.3 Å². The third-order valence-electron chi connectivity index (χ3n) is 3.04. The van der Waals surface area contributed by atoms with Gasteiger partial charge in [-0.3, -0.25) is 4.79 Å². The number of aryl methyl sites for hydroxylation is 1. The van der Waals surface area contributed by atoms with Crippen molar-refractivity contribution in [3.05, 3.63) is 41.1 Å². The topological polar surface area (TPSA) is 91.0 Å². The van der Waals surface area contributed by atoms with E-state index in [-0.39, 0.29) is 29.4 Å². The molecule has 106 valence electrons. The van der Waals surface area contributed by atoms with Gasteiger partial charge in [0.2, 0.25) is 17.2 Å². The van der Waals surface area contributed by atoms with E-state index >= 15 is 0 Å². The maximum absolute atomic E-state index is 12.3. The third kappa shape index (κ3) is 2.58. The molecule has 3 aromatic rings. The van der Waals surface area contributed by atoms with Crippen molar-refractivity contribution < 1.29 is 14.2 Å². The van der Waals surface area contributed by atoms with Crippen molar-refractivity contribution in [2.75, 3.05) is 7.11 Å². The third-order valence-corrected chi connectivity index (χ3v) is 3.04. The number of ether oxygens (including phenoxy) is 1. The molecule has 0 unspecified atom stereocenters. The normalized spacial score (nSPS) is 10.8. The second-order valence-corrected chi connectivity index (χ2v) is 4.56. The quantitative estimate of drug-likeness (QED) is 0.674. The summed E-state index contributed by atoms with van der Waals surface area (Å²) in [7, 11) is 1.46. The van der Waals surface area contributed by atoms with Crippen LogP contribution in [0.1, 0.15) is 21.6 Å². The summed E-state index contributed by atoms with van der Waals surface area (Å²) in [4.78, 5) is 20.6. The highest BCUT2D eigenvalue weighted by molar-refractivity contribution is 5.97. The van der Waals surface area contributed by atoms with Crippen molar-refractivity contribution in [2.24, 2.45) is 0 Å². The Labute approximate surface area is 119 Å². The fourth-order valence-corrected chi connectivity index (χ4v) is 1.93. The number of carbonyl (C=O) groups is 1. The van der Waals surface area contributed by atoms with Crippen LogP contribution < -0.4 is 4.74 Å². The number of rotatable bonds is 4. The molecule has 0 aliphatic heterocycles. The number of fused-ring (bicyclic) bond motifs is 1. The fraction of sp³-hybridized carbons (Fsp3) is 0.214. The Morgan fingerprint density at radius 2 is 1.81 bits per heavy atom. The number of carbonyl (C=O) groups excluding carboxylic acids is 1. The van der Waals surface area contributed by atoms with Crippen LogP contribution in [0, 0.1) is 6.92 Å². The van der Waals surface area contributed by atoms with Crippen molar-refractivity contribution in [3.63, 3.8) is 0 Å². The molecule has 0 spiro atoms. The molecule has 0 saturated carbocycles. The van der Waals surface area contributed by atoms with Gasteiger partial charge in [0.15, 0.2) is 5.78 Å². The number of nitrogens with zero attached hydrogens (tertiary/aromatic N) is 4. The van der Waals surface area contributed by atoms with Crippen LogP contribution in [-0.4, -0.2) is 33.2 Å². The fourth-order valence-electron chi connectivity index (χ4n) is 1.93. The number of Topliss-reactive ketones (excluding diaryl/α,β-unsaturated/α-hetero) is 1. The predicted molar refractivity (Wildman–Crippen MR) is 73.2 cm³/mol. The van der Waals surface area contributed by atoms with E-state index in [1.54, 1.807) is 12.1 Å². The SMILES string of the molecule is COc1nc2nonc2nc1CC(=O)c1ccc(C)cc1. The van der Waals surface area contributed by atoms with Crippen LogP contribution in [0.3, 0.4) is 0 Å². The lowest BCUT2D eigenvalue weighted by atomic mass is 10.1. The summed E-state index contributed by atoms with van der Waals surface area (Å²) < 4.78 is 9.70. The van der Waals surface area contributed by atoms with E-state index in [2.05, 4.69) is 24.9 Å². The monoisotopic (exact) mass is 284 g/mol. The number of hydrogen-bond acceptors (Lipinski definition) is 7. The van der Waals surface area contributed by atoms with Gasteiger partial charge in [-0.25, -0.2) is 9.61 Å². The Balaban J connectivity index is 1.92. The van der Waals surface area contributed by atoms with Crippen LogP contribution >= 0.6 is 0 Å². The summed E-state index contributed by atoms with van der Waals surface area (Å²) in [6, 6.07) is 7.35. The lowest BCUT2D eigenvalue weighted by Gasteiger charge is -2.05. The first-order valence-electron chi connectivity index (χ1n) is 6.30. The van der Waals surface area contributed by atoms with E-state index in [1.807, 2.05) is 19.1 Å². The Hall–Kier alpha value is -2.83. The van der Waals surface area contributed by atoms with E-state index in [1.165, 1.54) is 7.11 Å². The van der Waals surface area contributed by atoms with Crippen LogP contribution in [0.5, 0.6) is 5.88 Å². The molecular weight excluding hydrogens is 272 g/mol. The van der Waals surface area contributed by atoms with Crippen molar-refractivity contribution >= 4 is 17.1 Å². The highest BCUT2D eigenvalue weighted by Crippen LogP contribution is 2.18. The maximum Gasteiger partial charge on any atom is 0.246 e. The molecule has 0 aliphatic carbocycles. The van der Waals surface area contributed by atoms with Crippen LogP contribution in [-0.2, 0) is 6.42 Å². The number of benzene rings is 1. The molecule has 2 aromatic heterocycles. The molecule has 7 heteroatoms. The van der Waals surface area contributed by atoms with Gasteiger partial charge in [0.1, 0.15) is 5.69 Å². The zero-order chi connectivity index (χ0) is 14.8. The minimum atomic E-state index is -0.0709. The molecule has 0 fully saturated rings. The lowest BCUT2D eigenvalue weighted by Crippen LogP contribution is -2.08. The molecule has 1 aromatic carbocycles. The first-order valence-corrected chi connectivity index (χ1v) is 6.30. The zero-order valence-corrected chi connectivity index (χ0v) is 11.5. The molecular formula is C14H12N4O3. The van der Waals surface area contributed by atoms with E-state index in [9.17, 15) is 4.79 Å². The van der Waals surface area contributed by atoms with Gasteiger partial charge in [-0.05, 0) is 17.2 Å².